The lowest BCUT2D eigenvalue weighted by Crippen LogP contribution is -2.53. The fourth-order valence-electron chi connectivity index (χ4n) is 4.20. The monoisotopic (exact) mass is 236 g/mol. The van der Waals surface area contributed by atoms with Crippen LogP contribution in [-0.4, -0.2) is 28.5 Å². The van der Waals surface area contributed by atoms with Crippen molar-refractivity contribution in [1.82, 2.24) is 5.01 Å². The largest absolute Gasteiger partial charge is 0.442 e. The molecule has 94 valence electrons. The van der Waals surface area contributed by atoms with E-state index < -0.39 is 0 Å². The molecule has 0 aromatic rings. The van der Waals surface area contributed by atoms with Crippen molar-refractivity contribution in [3.63, 3.8) is 0 Å². The van der Waals surface area contributed by atoms with Crippen molar-refractivity contribution >= 4 is 11.8 Å². The van der Waals surface area contributed by atoms with Crippen LogP contribution in [0, 0.1) is 11.3 Å². The Hall–Kier alpha value is -1.06. The minimum atomic E-state index is -0.260. The van der Waals surface area contributed by atoms with Gasteiger partial charge in [0.1, 0.15) is 11.6 Å². The Morgan fingerprint density at radius 2 is 2.18 bits per heavy atom. The van der Waals surface area contributed by atoms with Crippen molar-refractivity contribution in [2.75, 3.05) is 0 Å². The fourth-order valence-corrected chi connectivity index (χ4v) is 4.20. The third-order valence-corrected chi connectivity index (χ3v) is 5.14. The summed E-state index contributed by atoms with van der Waals surface area (Å²) in [5.41, 5.74) is 0.831. The summed E-state index contributed by atoms with van der Waals surface area (Å²) in [6, 6.07) is 0. The normalized spacial score (nSPS) is 41.4. The second kappa shape index (κ2) is 3.03. The van der Waals surface area contributed by atoms with E-state index in [2.05, 4.69) is 18.9 Å². The molecule has 3 aliphatic rings. The van der Waals surface area contributed by atoms with Gasteiger partial charge >= 0.3 is 6.09 Å². The van der Waals surface area contributed by atoms with E-state index in [9.17, 15) is 4.79 Å². The van der Waals surface area contributed by atoms with Crippen LogP contribution in [0.1, 0.15) is 47.0 Å². The summed E-state index contributed by atoms with van der Waals surface area (Å²) in [6.45, 7) is 8.37. The van der Waals surface area contributed by atoms with Gasteiger partial charge in [-0.2, -0.15) is 10.1 Å². The van der Waals surface area contributed by atoms with Gasteiger partial charge in [0.2, 0.25) is 0 Å². The van der Waals surface area contributed by atoms with E-state index in [-0.39, 0.29) is 23.2 Å². The van der Waals surface area contributed by atoms with Crippen LogP contribution >= 0.6 is 0 Å². The summed E-state index contributed by atoms with van der Waals surface area (Å²) >= 11 is 0. The maximum absolute atomic E-state index is 12.0. The van der Waals surface area contributed by atoms with Gasteiger partial charge in [-0.1, -0.05) is 13.8 Å². The van der Waals surface area contributed by atoms with Crippen molar-refractivity contribution in [2.45, 2.75) is 58.6 Å². The van der Waals surface area contributed by atoms with Gasteiger partial charge in [-0.05, 0) is 44.4 Å². The lowest BCUT2D eigenvalue weighted by atomic mass is 9.75. The fraction of sp³-hybridized carbons (Fsp3) is 0.846. The molecule has 0 aromatic carbocycles. The molecule has 1 heterocycles. The molecule has 4 nitrogen and oxygen atoms in total. The molecule has 4 heteroatoms. The van der Waals surface area contributed by atoms with Gasteiger partial charge in [-0.15, -0.1) is 0 Å². The number of carbonyl (C=O) groups is 1. The lowest BCUT2D eigenvalue weighted by Gasteiger charge is -2.39. The van der Waals surface area contributed by atoms with Gasteiger partial charge in [0.15, 0.2) is 0 Å². The molecule has 2 bridgehead atoms. The lowest BCUT2D eigenvalue weighted by molar-refractivity contribution is 0.0570. The third-order valence-electron chi connectivity index (χ3n) is 5.14. The van der Waals surface area contributed by atoms with Crippen molar-refractivity contribution in [1.29, 1.82) is 0 Å². The van der Waals surface area contributed by atoms with E-state index in [0.717, 1.165) is 18.6 Å². The highest BCUT2D eigenvalue weighted by Crippen LogP contribution is 2.65. The van der Waals surface area contributed by atoms with Crippen molar-refractivity contribution in [3.05, 3.63) is 0 Å². The van der Waals surface area contributed by atoms with Crippen molar-refractivity contribution in [3.8, 4) is 0 Å². The van der Waals surface area contributed by atoms with Gasteiger partial charge < -0.3 is 4.74 Å². The molecule has 1 saturated heterocycles. The van der Waals surface area contributed by atoms with Crippen molar-refractivity contribution < 1.29 is 9.53 Å². The third kappa shape index (κ3) is 1.09. The molecule has 2 saturated carbocycles. The minimum Gasteiger partial charge on any atom is -0.442 e. The van der Waals surface area contributed by atoms with Gasteiger partial charge in [0.25, 0.3) is 0 Å². The average molecular weight is 236 g/mol. The molecule has 3 atom stereocenters. The number of ether oxygens (including phenoxy) is 1. The summed E-state index contributed by atoms with van der Waals surface area (Å²) in [6.07, 6.45) is 3.01. The van der Waals surface area contributed by atoms with Crippen LogP contribution in [0.15, 0.2) is 5.10 Å². The molecule has 1 amide bonds. The van der Waals surface area contributed by atoms with Crippen LogP contribution in [-0.2, 0) is 4.74 Å². The first-order valence-corrected chi connectivity index (χ1v) is 6.42. The molecule has 0 radical (unpaired) electrons. The molecule has 0 N–H and O–H groups in total. The Kier molecular flexibility index (Phi) is 1.97. The number of hydrogen-bond acceptors (Lipinski definition) is 3. The topological polar surface area (TPSA) is 41.9 Å². The van der Waals surface area contributed by atoms with Crippen LogP contribution in [0.5, 0.6) is 0 Å². The van der Waals surface area contributed by atoms with Gasteiger partial charge in [-0.3, -0.25) is 0 Å². The van der Waals surface area contributed by atoms with Gasteiger partial charge in [0.05, 0.1) is 0 Å². The van der Waals surface area contributed by atoms with E-state index in [1.807, 2.05) is 13.8 Å². The summed E-state index contributed by atoms with van der Waals surface area (Å²) in [5, 5.41) is 6.09. The molecule has 1 spiro atoms. The predicted molar refractivity (Wildman–Crippen MR) is 64.7 cm³/mol. The van der Waals surface area contributed by atoms with Crippen molar-refractivity contribution in [2.24, 2.45) is 16.4 Å². The van der Waals surface area contributed by atoms with Gasteiger partial charge in [-0.25, -0.2) is 4.79 Å². The highest BCUT2D eigenvalue weighted by molar-refractivity contribution is 5.82. The quantitative estimate of drug-likeness (QED) is 0.657. The first-order chi connectivity index (χ1) is 7.89. The summed E-state index contributed by atoms with van der Waals surface area (Å²) < 4.78 is 5.54. The Morgan fingerprint density at radius 1 is 1.47 bits per heavy atom. The van der Waals surface area contributed by atoms with Crippen LogP contribution in [0.4, 0.5) is 4.79 Å². The molecule has 3 rings (SSSR count). The minimum absolute atomic E-state index is 0.0480. The van der Waals surface area contributed by atoms with Crippen LogP contribution < -0.4 is 0 Å². The first-order valence-electron chi connectivity index (χ1n) is 6.42. The number of carbonyl (C=O) groups excluding carboxylic acids is 1. The smallest absolute Gasteiger partial charge is 0.431 e. The SMILES string of the molecule is CC(C)=NN1C(=O)O[C@H]2C[C@H]3CC[C@@]21C3(C)C. The van der Waals surface area contributed by atoms with E-state index in [1.54, 1.807) is 5.01 Å². The van der Waals surface area contributed by atoms with Crippen LogP contribution in [0.25, 0.3) is 0 Å². The maximum atomic E-state index is 12.0. The summed E-state index contributed by atoms with van der Waals surface area (Å²) in [5.74, 6) is 0.662. The highest BCUT2D eigenvalue weighted by atomic mass is 16.6. The summed E-state index contributed by atoms with van der Waals surface area (Å²) in [7, 11) is 0. The van der Waals surface area contributed by atoms with Gasteiger partial charge in [0, 0.05) is 5.71 Å². The molecule has 0 unspecified atom stereocenters. The number of rotatable bonds is 1. The number of hydrazone groups is 1. The molecule has 1 aliphatic heterocycles. The molecular weight excluding hydrogens is 216 g/mol. The molecule has 17 heavy (non-hydrogen) atoms. The zero-order chi connectivity index (χ0) is 12.4. The Bertz CT molecular complexity index is 412. The second-order valence-electron chi connectivity index (χ2n) is 6.35. The predicted octanol–water partition coefficient (Wildman–Crippen LogP) is 2.78. The van der Waals surface area contributed by atoms with E-state index >= 15 is 0 Å². The number of nitrogens with zero attached hydrogens (tertiary/aromatic N) is 2. The number of hydrogen-bond donors (Lipinski definition) is 0. The van der Waals surface area contributed by atoms with E-state index in [4.69, 9.17) is 4.74 Å². The molecular formula is C13H20N2O2. The van der Waals surface area contributed by atoms with E-state index in [0.29, 0.717) is 5.92 Å². The Morgan fingerprint density at radius 3 is 2.76 bits per heavy atom. The summed E-state index contributed by atoms with van der Waals surface area (Å²) in [4.78, 5) is 12.0. The zero-order valence-corrected chi connectivity index (χ0v) is 11.0. The molecule has 3 fully saturated rings. The molecule has 2 aliphatic carbocycles. The van der Waals surface area contributed by atoms with Crippen LogP contribution in [0.3, 0.4) is 0 Å². The Labute approximate surface area is 102 Å². The zero-order valence-electron chi connectivity index (χ0n) is 11.0. The molecule has 0 aromatic heterocycles. The second-order valence-corrected chi connectivity index (χ2v) is 6.35. The standard InChI is InChI=1S/C13H20N2O2/c1-8(2)14-15-11(16)17-10-7-9-5-6-13(10,15)12(9,3)4/h9-10H,5-7H2,1-4H3/t9-,10+,13+/m1/s1. The average Bonchev–Trinajstić information content (AvgIpc) is 2.72. The number of amides is 1. The van der Waals surface area contributed by atoms with Crippen LogP contribution in [0.2, 0.25) is 0 Å². The first kappa shape index (κ1) is 11.1. The number of fused-ring (bicyclic) bond motifs is 1. The highest BCUT2D eigenvalue weighted by Gasteiger charge is 2.73. The Balaban J connectivity index is 2.10. The van der Waals surface area contributed by atoms with E-state index in [1.165, 1.54) is 6.42 Å². The maximum Gasteiger partial charge on any atom is 0.431 e.